The molecular weight excluding hydrogens is 287 g/mol. The van der Waals surface area contributed by atoms with Crippen LogP contribution in [0.1, 0.15) is 0 Å². The van der Waals surface area contributed by atoms with E-state index < -0.39 is 11.8 Å². The third-order valence-corrected chi connectivity index (χ3v) is 3.33. The number of hydrogen-bond donors (Lipinski definition) is 2. The monoisotopic (exact) mass is 298 g/mol. The number of methoxy groups -OCH3 is 1. The summed E-state index contributed by atoms with van der Waals surface area (Å²) in [5, 5.41) is 16.5. The molecule has 3 N–H and O–H groups in total. The van der Waals surface area contributed by atoms with Crippen molar-refractivity contribution >= 4 is 17.7 Å². The number of thioether (sulfide) groups is 1. The average molecular weight is 298 g/mol. The van der Waals surface area contributed by atoms with Crippen LogP contribution in [-0.2, 0) is 4.79 Å². The van der Waals surface area contributed by atoms with Gasteiger partial charge in [-0.15, -0.1) is 10.2 Å². The SMILES string of the molecule is COc1cc(-c2nnc(SCC(=O)O)n2N)ccc1F. The van der Waals surface area contributed by atoms with Gasteiger partial charge in [0.15, 0.2) is 17.4 Å². The third-order valence-electron chi connectivity index (χ3n) is 2.40. The Labute approximate surface area is 117 Å². The summed E-state index contributed by atoms with van der Waals surface area (Å²) in [6.45, 7) is 0. The average Bonchev–Trinajstić information content (AvgIpc) is 2.78. The molecule has 9 heteroatoms. The van der Waals surface area contributed by atoms with Gasteiger partial charge in [-0.2, -0.15) is 0 Å². The van der Waals surface area contributed by atoms with Gasteiger partial charge in [-0.05, 0) is 18.2 Å². The van der Waals surface area contributed by atoms with Crippen molar-refractivity contribution in [2.45, 2.75) is 5.16 Å². The van der Waals surface area contributed by atoms with E-state index in [2.05, 4.69) is 10.2 Å². The van der Waals surface area contributed by atoms with Crippen LogP contribution in [0.5, 0.6) is 5.75 Å². The number of aromatic nitrogens is 3. The van der Waals surface area contributed by atoms with Crippen LogP contribution in [0.3, 0.4) is 0 Å². The van der Waals surface area contributed by atoms with Crippen LogP contribution < -0.4 is 10.6 Å². The summed E-state index contributed by atoms with van der Waals surface area (Å²) in [7, 11) is 1.35. The fourth-order valence-electron chi connectivity index (χ4n) is 1.50. The molecule has 0 amide bonds. The third kappa shape index (κ3) is 2.82. The zero-order valence-electron chi connectivity index (χ0n) is 10.4. The van der Waals surface area contributed by atoms with Gasteiger partial charge in [0, 0.05) is 5.56 Å². The molecule has 106 valence electrons. The van der Waals surface area contributed by atoms with Crippen LogP contribution in [0.4, 0.5) is 4.39 Å². The number of nitrogens with two attached hydrogens (primary N) is 1. The van der Waals surface area contributed by atoms with Crippen LogP contribution >= 0.6 is 11.8 Å². The van der Waals surface area contributed by atoms with E-state index in [1.807, 2.05) is 0 Å². The molecule has 2 rings (SSSR count). The first-order chi connectivity index (χ1) is 9.52. The van der Waals surface area contributed by atoms with E-state index in [0.717, 1.165) is 16.4 Å². The summed E-state index contributed by atoms with van der Waals surface area (Å²) in [5.41, 5.74) is 0.514. The van der Waals surface area contributed by atoms with Crippen LogP contribution in [0.2, 0.25) is 0 Å². The van der Waals surface area contributed by atoms with E-state index in [4.69, 9.17) is 15.7 Å². The minimum Gasteiger partial charge on any atom is -0.494 e. The molecule has 2 aromatic rings. The van der Waals surface area contributed by atoms with Crippen LogP contribution in [-0.4, -0.2) is 38.8 Å². The Morgan fingerprint density at radius 1 is 1.55 bits per heavy atom. The molecule has 0 aliphatic heterocycles. The number of nitrogen functional groups attached to an aromatic ring is 1. The highest BCUT2D eigenvalue weighted by Crippen LogP contribution is 2.26. The molecule has 0 unspecified atom stereocenters. The van der Waals surface area contributed by atoms with E-state index in [0.29, 0.717) is 5.56 Å². The van der Waals surface area contributed by atoms with Crippen molar-refractivity contribution in [3.05, 3.63) is 24.0 Å². The van der Waals surface area contributed by atoms with Crippen LogP contribution in [0.15, 0.2) is 23.4 Å². The highest BCUT2D eigenvalue weighted by atomic mass is 32.2. The van der Waals surface area contributed by atoms with Gasteiger partial charge in [-0.1, -0.05) is 11.8 Å². The normalized spacial score (nSPS) is 10.5. The first kappa shape index (κ1) is 14.1. The maximum Gasteiger partial charge on any atom is 0.313 e. The number of aliphatic carboxylic acids is 1. The number of carboxylic acid groups (broad SMARTS) is 1. The number of carbonyl (C=O) groups is 1. The Hall–Kier alpha value is -2.29. The van der Waals surface area contributed by atoms with Crippen molar-refractivity contribution in [3.63, 3.8) is 0 Å². The van der Waals surface area contributed by atoms with Gasteiger partial charge in [-0.3, -0.25) is 4.79 Å². The Morgan fingerprint density at radius 3 is 2.95 bits per heavy atom. The highest BCUT2D eigenvalue weighted by molar-refractivity contribution is 7.99. The number of rotatable bonds is 5. The van der Waals surface area contributed by atoms with Crippen LogP contribution in [0, 0.1) is 5.82 Å². The van der Waals surface area contributed by atoms with Gasteiger partial charge in [-0.25, -0.2) is 9.07 Å². The Morgan fingerprint density at radius 2 is 2.30 bits per heavy atom. The predicted octanol–water partition coefficient (Wildman–Crippen LogP) is 0.983. The molecule has 1 heterocycles. The molecule has 1 aromatic heterocycles. The van der Waals surface area contributed by atoms with Gasteiger partial charge in [0.25, 0.3) is 0 Å². The molecule has 0 atom stereocenters. The maximum atomic E-state index is 13.3. The molecule has 0 radical (unpaired) electrons. The Bertz CT molecular complexity index is 647. The number of halogens is 1. The first-order valence-corrected chi connectivity index (χ1v) is 6.40. The number of nitrogens with zero attached hydrogens (tertiary/aromatic N) is 3. The number of benzene rings is 1. The molecule has 20 heavy (non-hydrogen) atoms. The van der Waals surface area contributed by atoms with Gasteiger partial charge in [0.05, 0.1) is 12.9 Å². The zero-order valence-corrected chi connectivity index (χ0v) is 11.2. The standard InChI is InChI=1S/C11H11FN4O3S/c1-19-8-4-6(2-3-7(8)12)10-14-15-11(16(10)13)20-5-9(17)18/h2-4H,5,13H2,1H3,(H,17,18). The molecular formula is C11H11FN4O3S. The van der Waals surface area contributed by atoms with E-state index in [1.165, 1.54) is 25.3 Å². The first-order valence-electron chi connectivity index (χ1n) is 5.42. The maximum absolute atomic E-state index is 13.3. The summed E-state index contributed by atoms with van der Waals surface area (Å²) in [6.07, 6.45) is 0. The molecule has 0 aliphatic rings. The highest BCUT2D eigenvalue weighted by Gasteiger charge is 2.15. The minimum absolute atomic E-state index is 0.0604. The summed E-state index contributed by atoms with van der Waals surface area (Å²) >= 11 is 0.943. The second-order valence-electron chi connectivity index (χ2n) is 3.71. The quantitative estimate of drug-likeness (QED) is 0.626. The molecule has 0 spiro atoms. The lowest BCUT2D eigenvalue weighted by Crippen LogP contribution is -2.12. The zero-order chi connectivity index (χ0) is 14.7. The fourth-order valence-corrected chi connectivity index (χ4v) is 2.07. The Balaban J connectivity index is 2.31. The lowest BCUT2D eigenvalue weighted by molar-refractivity contribution is -0.133. The van der Waals surface area contributed by atoms with E-state index in [9.17, 15) is 9.18 Å². The van der Waals surface area contributed by atoms with Crippen molar-refractivity contribution in [1.82, 2.24) is 14.9 Å². The Kier molecular flexibility index (Phi) is 4.08. The minimum atomic E-state index is -0.983. The summed E-state index contributed by atoms with van der Waals surface area (Å²) in [5.74, 6) is 4.48. The van der Waals surface area contributed by atoms with E-state index in [1.54, 1.807) is 0 Å². The number of ether oxygens (including phenoxy) is 1. The molecule has 0 saturated heterocycles. The smallest absolute Gasteiger partial charge is 0.313 e. The van der Waals surface area contributed by atoms with Gasteiger partial charge < -0.3 is 15.7 Å². The molecule has 0 saturated carbocycles. The lowest BCUT2D eigenvalue weighted by atomic mass is 10.2. The van der Waals surface area contributed by atoms with Crippen LogP contribution in [0.25, 0.3) is 11.4 Å². The topological polar surface area (TPSA) is 103 Å². The van der Waals surface area contributed by atoms with Crippen molar-refractivity contribution in [2.24, 2.45) is 0 Å². The van der Waals surface area contributed by atoms with Crippen molar-refractivity contribution in [2.75, 3.05) is 18.7 Å². The fraction of sp³-hybridized carbons (Fsp3) is 0.182. The second kappa shape index (κ2) is 5.78. The number of hydrogen-bond acceptors (Lipinski definition) is 6. The lowest BCUT2D eigenvalue weighted by Gasteiger charge is -2.05. The largest absolute Gasteiger partial charge is 0.494 e. The second-order valence-corrected chi connectivity index (χ2v) is 4.65. The molecule has 0 bridgehead atoms. The predicted molar refractivity (Wildman–Crippen MR) is 70.5 cm³/mol. The van der Waals surface area contributed by atoms with Gasteiger partial charge in [0.1, 0.15) is 0 Å². The van der Waals surface area contributed by atoms with Crippen molar-refractivity contribution in [3.8, 4) is 17.1 Å². The van der Waals surface area contributed by atoms with Gasteiger partial charge >= 0.3 is 5.97 Å². The van der Waals surface area contributed by atoms with Crippen molar-refractivity contribution < 1.29 is 19.0 Å². The van der Waals surface area contributed by atoms with Crippen molar-refractivity contribution in [1.29, 1.82) is 0 Å². The van der Waals surface area contributed by atoms with E-state index >= 15 is 0 Å². The number of carboxylic acids is 1. The molecule has 7 nitrogen and oxygen atoms in total. The summed E-state index contributed by atoms with van der Waals surface area (Å²) in [6, 6.07) is 4.15. The van der Waals surface area contributed by atoms with Gasteiger partial charge in [0.2, 0.25) is 5.16 Å². The van der Waals surface area contributed by atoms with E-state index in [-0.39, 0.29) is 22.5 Å². The summed E-state index contributed by atoms with van der Waals surface area (Å²) < 4.78 is 19.4. The summed E-state index contributed by atoms with van der Waals surface area (Å²) in [4.78, 5) is 10.5. The molecule has 0 fully saturated rings. The molecule has 0 aliphatic carbocycles. The molecule has 1 aromatic carbocycles.